The molecule has 6 nitrogen and oxygen atoms in total. The molecule has 0 aliphatic carbocycles. The monoisotopic (exact) mass is 358 g/mol. The van der Waals surface area contributed by atoms with E-state index in [4.69, 9.17) is 18.9 Å². The minimum absolute atomic E-state index is 0.214. The molecule has 1 saturated heterocycles. The Labute approximate surface area is 143 Å². The number of carbonyl (C=O) groups excluding carboxylic acids is 2. The van der Waals surface area contributed by atoms with Crippen LogP contribution in [-0.4, -0.2) is 50.9 Å². The molecule has 8 heteroatoms. The van der Waals surface area contributed by atoms with Gasteiger partial charge in [-0.05, 0) is 12.1 Å². The predicted molar refractivity (Wildman–Crippen MR) is 89.1 cm³/mol. The van der Waals surface area contributed by atoms with Crippen molar-refractivity contribution in [2.75, 3.05) is 28.4 Å². The molecule has 2 unspecified atom stereocenters. The van der Waals surface area contributed by atoms with Gasteiger partial charge in [0.15, 0.2) is 0 Å². The van der Waals surface area contributed by atoms with E-state index in [1.807, 2.05) is 18.2 Å². The van der Waals surface area contributed by atoms with Crippen molar-refractivity contribution >= 4 is 35.5 Å². The third-order valence-electron chi connectivity index (χ3n) is 3.38. The molecule has 0 bridgehead atoms. The molecule has 1 fully saturated rings. The van der Waals surface area contributed by atoms with E-state index in [-0.39, 0.29) is 4.58 Å². The van der Waals surface area contributed by atoms with Crippen LogP contribution in [0, 0.1) is 0 Å². The van der Waals surface area contributed by atoms with Gasteiger partial charge in [0, 0.05) is 0 Å². The zero-order valence-electron chi connectivity index (χ0n) is 13.2. The quantitative estimate of drug-likeness (QED) is 0.743. The van der Waals surface area contributed by atoms with Crippen molar-refractivity contribution in [2.24, 2.45) is 0 Å². The van der Waals surface area contributed by atoms with E-state index >= 15 is 0 Å². The van der Waals surface area contributed by atoms with Gasteiger partial charge in [0.2, 0.25) is 0 Å². The van der Waals surface area contributed by atoms with Gasteiger partial charge in [-0.1, -0.05) is 6.07 Å². The van der Waals surface area contributed by atoms with Crippen LogP contribution in [0.15, 0.2) is 18.2 Å². The molecule has 2 atom stereocenters. The number of methoxy groups -OCH3 is 4. The molecule has 1 aromatic carbocycles. The molecule has 0 radical (unpaired) electrons. The summed E-state index contributed by atoms with van der Waals surface area (Å²) in [7, 11) is 5.74. The van der Waals surface area contributed by atoms with Crippen LogP contribution >= 0.6 is 23.5 Å². The van der Waals surface area contributed by atoms with E-state index < -0.39 is 22.4 Å². The van der Waals surface area contributed by atoms with Crippen molar-refractivity contribution in [3.05, 3.63) is 23.8 Å². The lowest BCUT2D eigenvalue weighted by Gasteiger charge is -2.17. The Morgan fingerprint density at radius 3 is 1.65 bits per heavy atom. The molecular formula is C15H18O6S2. The lowest BCUT2D eigenvalue weighted by Crippen LogP contribution is -2.33. The van der Waals surface area contributed by atoms with E-state index in [0.717, 1.165) is 5.56 Å². The van der Waals surface area contributed by atoms with Crippen LogP contribution in [0.5, 0.6) is 11.5 Å². The van der Waals surface area contributed by atoms with Gasteiger partial charge >= 0.3 is 11.9 Å². The summed E-state index contributed by atoms with van der Waals surface area (Å²) in [5.41, 5.74) is 0.799. The second-order valence-electron chi connectivity index (χ2n) is 4.57. The first kappa shape index (κ1) is 17.8. The fraction of sp³-hybridized carbons (Fsp3) is 0.467. The number of rotatable bonds is 5. The average Bonchev–Trinajstić information content (AvgIpc) is 3.04. The second kappa shape index (κ2) is 7.83. The maximum absolute atomic E-state index is 12.0. The van der Waals surface area contributed by atoms with Crippen LogP contribution in [0.3, 0.4) is 0 Å². The molecule has 1 aliphatic heterocycles. The summed E-state index contributed by atoms with van der Waals surface area (Å²) in [4.78, 5) is 24.0. The Kier molecular flexibility index (Phi) is 6.06. The Hall–Kier alpha value is -1.54. The molecule has 0 saturated carbocycles. The van der Waals surface area contributed by atoms with Crippen LogP contribution in [0.1, 0.15) is 10.1 Å². The summed E-state index contributed by atoms with van der Waals surface area (Å²) in [6.07, 6.45) is 0. The van der Waals surface area contributed by atoms with Crippen molar-refractivity contribution in [2.45, 2.75) is 15.1 Å². The maximum atomic E-state index is 12.0. The Morgan fingerprint density at radius 2 is 1.30 bits per heavy atom. The predicted octanol–water partition coefficient (Wildman–Crippen LogP) is 2.27. The second-order valence-corrected chi connectivity index (χ2v) is 7.37. The number of carbonyl (C=O) groups is 2. The number of hydrogen-bond donors (Lipinski definition) is 0. The van der Waals surface area contributed by atoms with Gasteiger partial charge in [-0.2, -0.15) is 0 Å². The first-order chi connectivity index (χ1) is 11.1. The molecule has 1 aromatic rings. The minimum atomic E-state index is -0.642. The fourth-order valence-electron chi connectivity index (χ4n) is 2.28. The SMILES string of the molecule is COC(=O)C1SC(c2c(OC)cccc2OC)SC1C(=O)OC. The van der Waals surface area contributed by atoms with Gasteiger partial charge < -0.3 is 18.9 Å². The summed E-state index contributed by atoms with van der Waals surface area (Å²) in [6.45, 7) is 0. The van der Waals surface area contributed by atoms with Gasteiger partial charge in [-0.3, -0.25) is 9.59 Å². The molecule has 0 spiro atoms. The molecule has 23 heavy (non-hydrogen) atoms. The highest BCUT2D eigenvalue weighted by Gasteiger charge is 2.47. The molecule has 0 aromatic heterocycles. The van der Waals surface area contributed by atoms with Crippen molar-refractivity contribution < 1.29 is 28.5 Å². The highest BCUT2D eigenvalue weighted by atomic mass is 32.2. The topological polar surface area (TPSA) is 71.1 Å². The summed E-state index contributed by atoms with van der Waals surface area (Å²) in [6, 6.07) is 5.45. The van der Waals surface area contributed by atoms with Crippen LogP contribution in [-0.2, 0) is 19.1 Å². The third kappa shape index (κ3) is 3.53. The summed E-state index contributed by atoms with van der Waals surface area (Å²) in [5, 5.41) is -1.28. The Balaban J connectivity index is 2.39. The minimum Gasteiger partial charge on any atom is -0.496 e. The summed E-state index contributed by atoms with van der Waals surface area (Å²) < 4.78 is 20.2. The van der Waals surface area contributed by atoms with Gasteiger partial charge in [-0.25, -0.2) is 0 Å². The van der Waals surface area contributed by atoms with Crippen molar-refractivity contribution in [3.63, 3.8) is 0 Å². The van der Waals surface area contributed by atoms with Gasteiger partial charge in [0.1, 0.15) is 22.0 Å². The lowest BCUT2D eigenvalue weighted by atomic mass is 10.2. The van der Waals surface area contributed by atoms with E-state index in [0.29, 0.717) is 11.5 Å². The van der Waals surface area contributed by atoms with E-state index in [1.165, 1.54) is 37.7 Å². The highest BCUT2D eigenvalue weighted by molar-refractivity contribution is 8.21. The number of ether oxygens (including phenoxy) is 4. The standard InChI is InChI=1S/C15H18O6S2/c1-18-8-6-5-7-9(19-2)10(8)15-22-11(13(16)20-3)12(23-15)14(17)21-4/h5-7,11-12,15H,1-4H3. The summed E-state index contributed by atoms with van der Waals surface area (Å²) in [5.74, 6) is 0.385. The first-order valence-corrected chi connectivity index (χ1v) is 8.63. The summed E-state index contributed by atoms with van der Waals surface area (Å²) >= 11 is 2.67. The van der Waals surface area contributed by atoms with Crippen LogP contribution in [0.25, 0.3) is 0 Å². The van der Waals surface area contributed by atoms with Gasteiger partial charge in [-0.15, -0.1) is 23.5 Å². The normalized spacial score (nSPS) is 23.2. The Morgan fingerprint density at radius 1 is 0.870 bits per heavy atom. The van der Waals surface area contributed by atoms with Crippen molar-refractivity contribution in [3.8, 4) is 11.5 Å². The smallest absolute Gasteiger partial charge is 0.320 e. The van der Waals surface area contributed by atoms with Crippen LogP contribution in [0.4, 0.5) is 0 Å². The largest absolute Gasteiger partial charge is 0.496 e. The number of benzene rings is 1. The van der Waals surface area contributed by atoms with Gasteiger partial charge in [0.05, 0.1) is 38.6 Å². The lowest BCUT2D eigenvalue weighted by molar-refractivity contribution is -0.145. The van der Waals surface area contributed by atoms with E-state index in [9.17, 15) is 9.59 Å². The molecule has 126 valence electrons. The average molecular weight is 358 g/mol. The third-order valence-corrected chi connectivity index (χ3v) is 6.70. The zero-order chi connectivity index (χ0) is 17.0. The van der Waals surface area contributed by atoms with Crippen LogP contribution < -0.4 is 9.47 Å². The molecule has 1 aliphatic rings. The maximum Gasteiger partial charge on any atom is 0.320 e. The first-order valence-electron chi connectivity index (χ1n) is 6.74. The van der Waals surface area contributed by atoms with Gasteiger partial charge in [0.25, 0.3) is 0 Å². The van der Waals surface area contributed by atoms with E-state index in [2.05, 4.69) is 0 Å². The molecule has 0 amide bonds. The fourth-order valence-corrected chi connectivity index (χ4v) is 5.83. The number of thioether (sulfide) groups is 2. The molecule has 0 N–H and O–H groups in total. The van der Waals surface area contributed by atoms with Crippen LogP contribution in [0.2, 0.25) is 0 Å². The molecule has 2 rings (SSSR count). The number of hydrogen-bond acceptors (Lipinski definition) is 8. The van der Waals surface area contributed by atoms with Crippen molar-refractivity contribution in [1.29, 1.82) is 0 Å². The van der Waals surface area contributed by atoms with Crippen molar-refractivity contribution in [1.82, 2.24) is 0 Å². The molecular weight excluding hydrogens is 340 g/mol. The zero-order valence-corrected chi connectivity index (χ0v) is 14.9. The van der Waals surface area contributed by atoms with E-state index in [1.54, 1.807) is 14.2 Å². The highest BCUT2D eigenvalue weighted by Crippen LogP contribution is 2.57. The molecule has 1 heterocycles. The Bertz CT molecular complexity index is 545. The number of esters is 2.